The van der Waals surface area contributed by atoms with E-state index in [2.05, 4.69) is 34.1 Å². The van der Waals surface area contributed by atoms with Crippen molar-refractivity contribution in [2.45, 2.75) is 25.7 Å². The van der Waals surface area contributed by atoms with Crippen LogP contribution in [0.2, 0.25) is 0 Å². The number of piperidine rings is 1. The van der Waals surface area contributed by atoms with Gasteiger partial charge in [0.1, 0.15) is 0 Å². The van der Waals surface area contributed by atoms with E-state index < -0.39 is 0 Å². The van der Waals surface area contributed by atoms with Crippen molar-refractivity contribution >= 4 is 5.69 Å². The maximum Gasteiger partial charge on any atom is 0.0471 e. The summed E-state index contributed by atoms with van der Waals surface area (Å²) in [5, 5.41) is 9.32. The second-order valence-corrected chi connectivity index (χ2v) is 6.21. The standard InChI is InChI=1S/C17H26N2O/c20-14-15-5-3-9-18(13-15)11-12-19-10-4-7-16-6-1-2-8-17(16)19/h1-2,6,8,15,20H,3-5,7,9-14H2/t15-/m0/s1. The number of nitrogens with zero attached hydrogens (tertiary/aromatic N) is 2. The van der Waals surface area contributed by atoms with Crippen molar-refractivity contribution in [3.05, 3.63) is 29.8 Å². The van der Waals surface area contributed by atoms with E-state index in [1.807, 2.05) is 0 Å². The molecule has 1 fully saturated rings. The highest BCUT2D eigenvalue weighted by Gasteiger charge is 2.21. The van der Waals surface area contributed by atoms with Gasteiger partial charge in [-0.3, -0.25) is 0 Å². The molecule has 0 radical (unpaired) electrons. The van der Waals surface area contributed by atoms with Gasteiger partial charge in [0.15, 0.2) is 0 Å². The summed E-state index contributed by atoms with van der Waals surface area (Å²) in [5.41, 5.74) is 2.94. The van der Waals surface area contributed by atoms with Crippen molar-refractivity contribution in [3.63, 3.8) is 0 Å². The van der Waals surface area contributed by atoms with Gasteiger partial charge in [-0.15, -0.1) is 0 Å². The summed E-state index contributed by atoms with van der Waals surface area (Å²) in [4.78, 5) is 5.07. The lowest BCUT2D eigenvalue weighted by Gasteiger charge is -2.36. The minimum Gasteiger partial charge on any atom is -0.396 e. The van der Waals surface area contributed by atoms with Crippen LogP contribution in [0.1, 0.15) is 24.8 Å². The summed E-state index contributed by atoms with van der Waals surface area (Å²) < 4.78 is 0. The zero-order valence-electron chi connectivity index (χ0n) is 12.3. The van der Waals surface area contributed by atoms with E-state index in [0.717, 1.165) is 19.6 Å². The molecule has 0 saturated carbocycles. The van der Waals surface area contributed by atoms with Crippen LogP contribution in [-0.2, 0) is 6.42 Å². The SMILES string of the molecule is OC[C@H]1CCCN(CCN2CCCc3ccccc32)C1. The first-order chi connectivity index (χ1) is 9.86. The van der Waals surface area contributed by atoms with Crippen LogP contribution >= 0.6 is 0 Å². The molecule has 3 nitrogen and oxygen atoms in total. The Morgan fingerprint density at radius 3 is 2.90 bits per heavy atom. The summed E-state index contributed by atoms with van der Waals surface area (Å²) in [6.07, 6.45) is 4.93. The van der Waals surface area contributed by atoms with E-state index >= 15 is 0 Å². The third-order valence-electron chi connectivity index (χ3n) is 4.75. The average molecular weight is 274 g/mol. The molecule has 3 rings (SSSR count). The molecule has 3 heteroatoms. The summed E-state index contributed by atoms with van der Waals surface area (Å²) in [7, 11) is 0. The maximum atomic E-state index is 9.32. The Kier molecular flexibility index (Phi) is 4.58. The zero-order valence-corrected chi connectivity index (χ0v) is 12.3. The van der Waals surface area contributed by atoms with Crippen LogP contribution in [0.15, 0.2) is 24.3 Å². The molecule has 1 N–H and O–H groups in total. The molecule has 2 aliphatic heterocycles. The van der Waals surface area contributed by atoms with Crippen LogP contribution in [-0.4, -0.2) is 49.3 Å². The van der Waals surface area contributed by atoms with Crippen molar-refractivity contribution in [3.8, 4) is 0 Å². The Morgan fingerprint density at radius 2 is 2.00 bits per heavy atom. The van der Waals surface area contributed by atoms with Gasteiger partial charge in [-0.25, -0.2) is 0 Å². The third kappa shape index (κ3) is 3.15. The van der Waals surface area contributed by atoms with Gasteiger partial charge in [-0.1, -0.05) is 18.2 Å². The molecule has 0 bridgehead atoms. The van der Waals surface area contributed by atoms with Gasteiger partial charge < -0.3 is 14.9 Å². The second kappa shape index (κ2) is 6.59. The molecule has 0 unspecified atom stereocenters. The number of aliphatic hydroxyl groups excluding tert-OH is 1. The molecule has 0 amide bonds. The maximum absolute atomic E-state index is 9.32. The number of aliphatic hydroxyl groups is 1. The van der Waals surface area contributed by atoms with E-state index in [9.17, 15) is 5.11 Å². The normalized spacial score (nSPS) is 23.6. The van der Waals surface area contributed by atoms with Gasteiger partial charge in [-0.05, 0) is 49.8 Å². The molecule has 1 atom stereocenters. The van der Waals surface area contributed by atoms with Crippen LogP contribution < -0.4 is 4.90 Å². The van der Waals surface area contributed by atoms with Crippen LogP contribution in [0.25, 0.3) is 0 Å². The van der Waals surface area contributed by atoms with E-state index in [1.165, 1.54) is 50.0 Å². The number of hydrogen-bond donors (Lipinski definition) is 1. The molecule has 20 heavy (non-hydrogen) atoms. The molecule has 0 aromatic heterocycles. The van der Waals surface area contributed by atoms with E-state index in [-0.39, 0.29) is 0 Å². The smallest absolute Gasteiger partial charge is 0.0471 e. The van der Waals surface area contributed by atoms with Gasteiger partial charge >= 0.3 is 0 Å². The number of hydrogen-bond acceptors (Lipinski definition) is 3. The highest BCUT2D eigenvalue weighted by Crippen LogP contribution is 2.26. The first kappa shape index (κ1) is 13.9. The van der Waals surface area contributed by atoms with Crippen molar-refractivity contribution in [2.75, 3.05) is 44.2 Å². The molecule has 0 spiro atoms. The molecule has 2 heterocycles. The molecule has 110 valence electrons. The molecule has 1 saturated heterocycles. The molecular weight excluding hydrogens is 248 g/mol. The summed E-state index contributed by atoms with van der Waals surface area (Å²) in [5.74, 6) is 0.498. The van der Waals surface area contributed by atoms with Gasteiger partial charge in [-0.2, -0.15) is 0 Å². The first-order valence-corrected chi connectivity index (χ1v) is 8.03. The van der Waals surface area contributed by atoms with Crippen LogP contribution in [0.4, 0.5) is 5.69 Å². The number of rotatable bonds is 4. The van der Waals surface area contributed by atoms with Gasteiger partial charge in [0.05, 0.1) is 0 Å². The first-order valence-electron chi connectivity index (χ1n) is 8.03. The lowest BCUT2D eigenvalue weighted by atomic mass is 9.99. The second-order valence-electron chi connectivity index (χ2n) is 6.21. The van der Waals surface area contributed by atoms with Gasteiger partial charge in [0.2, 0.25) is 0 Å². The third-order valence-corrected chi connectivity index (χ3v) is 4.75. The van der Waals surface area contributed by atoms with Crippen LogP contribution in [0.5, 0.6) is 0 Å². The fourth-order valence-corrected chi connectivity index (χ4v) is 3.61. The van der Waals surface area contributed by atoms with Gasteiger partial charge in [0.25, 0.3) is 0 Å². The number of para-hydroxylation sites is 1. The van der Waals surface area contributed by atoms with Crippen molar-refractivity contribution in [2.24, 2.45) is 5.92 Å². The highest BCUT2D eigenvalue weighted by molar-refractivity contribution is 5.55. The minimum atomic E-state index is 0.350. The summed E-state index contributed by atoms with van der Waals surface area (Å²) in [6.45, 7) is 6.06. The Balaban J connectivity index is 1.56. The number of likely N-dealkylation sites (tertiary alicyclic amines) is 1. The predicted molar refractivity (Wildman–Crippen MR) is 83.2 cm³/mol. The predicted octanol–water partition coefficient (Wildman–Crippen LogP) is 2.14. The quantitative estimate of drug-likeness (QED) is 0.911. The van der Waals surface area contributed by atoms with E-state index in [4.69, 9.17) is 0 Å². The monoisotopic (exact) mass is 274 g/mol. The fourth-order valence-electron chi connectivity index (χ4n) is 3.61. The zero-order chi connectivity index (χ0) is 13.8. The topological polar surface area (TPSA) is 26.7 Å². The van der Waals surface area contributed by atoms with Crippen molar-refractivity contribution in [1.82, 2.24) is 4.90 Å². The van der Waals surface area contributed by atoms with E-state index in [0.29, 0.717) is 12.5 Å². The molecule has 0 aliphatic carbocycles. The summed E-state index contributed by atoms with van der Waals surface area (Å²) >= 11 is 0. The minimum absolute atomic E-state index is 0.350. The fraction of sp³-hybridized carbons (Fsp3) is 0.647. The lowest BCUT2D eigenvalue weighted by Crippen LogP contribution is -2.42. The van der Waals surface area contributed by atoms with Crippen LogP contribution in [0.3, 0.4) is 0 Å². The van der Waals surface area contributed by atoms with Crippen molar-refractivity contribution < 1.29 is 5.11 Å². The number of fused-ring (bicyclic) bond motifs is 1. The highest BCUT2D eigenvalue weighted by atomic mass is 16.3. The molecular formula is C17H26N2O. The molecule has 2 aliphatic rings. The van der Waals surface area contributed by atoms with E-state index in [1.54, 1.807) is 0 Å². The average Bonchev–Trinajstić information content (AvgIpc) is 2.53. The molecule has 1 aromatic rings. The van der Waals surface area contributed by atoms with Crippen molar-refractivity contribution in [1.29, 1.82) is 0 Å². The molecule has 1 aromatic carbocycles. The number of anilines is 1. The largest absolute Gasteiger partial charge is 0.396 e. The Morgan fingerprint density at radius 1 is 1.10 bits per heavy atom. The Hall–Kier alpha value is -1.06. The summed E-state index contributed by atoms with van der Waals surface area (Å²) in [6, 6.07) is 8.84. The lowest BCUT2D eigenvalue weighted by molar-refractivity contribution is 0.122. The Bertz CT molecular complexity index is 435. The van der Waals surface area contributed by atoms with Gasteiger partial charge in [0, 0.05) is 38.5 Å². The Labute approximate surface area is 122 Å². The number of benzene rings is 1. The van der Waals surface area contributed by atoms with Crippen LogP contribution in [0, 0.1) is 5.92 Å². The number of aryl methyl sites for hydroxylation is 1.